The highest BCUT2D eigenvalue weighted by molar-refractivity contribution is 5.81. The van der Waals surface area contributed by atoms with E-state index >= 15 is 0 Å². The molecule has 0 spiro atoms. The minimum Gasteiger partial charge on any atom is -0.342 e. The van der Waals surface area contributed by atoms with E-state index in [1.54, 1.807) is 12.1 Å². The summed E-state index contributed by atoms with van der Waals surface area (Å²) in [7, 11) is 0. The number of H-pyrrole nitrogens is 1. The fourth-order valence-corrected chi connectivity index (χ4v) is 2.14. The zero-order valence-corrected chi connectivity index (χ0v) is 10.4. The number of imidazole rings is 1. The van der Waals surface area contributed by atoms with Crippen LogP contribution >= 0.6 is 0 Å². The summed E-state index contributed by atoms with van der Waals surface area (Å²) in [6, 6.07) is 12.4. The SMILES string of the molecule is NCCc1nc2ccc(-c3ccc(F)cc3)cc2[nH]1. The van der Waals surface area contributed by atoms with Gasteiger partial charge in [-0.05, 0) is 41.9 Å². The number of halogens is 1. The molecule has 0 aliphatic heterocycles. The van der Waals surface area contributed by atoms with E-state index in [2.05, 4.69) is 9.97 Å². The lowest BCUT2D eigenvalue weighted by atomic mass is 10.1. The van der Waals surface area contributed by atoms with Crippen LogP contribution in [0.25, 0.3) is 22.2 Å². The van der Waals surface area contributed by atoms with Crippen molar-refractivity contribution in [3.8, 4) is 11.1 Å². The van der Waals surface area contributed by atoms with Crippen molar-refractivity contribution in [2.75, 3.05) is 6.54 Å². The second kappa shape index (κ2) is 4.82. The van der Waals surface area contributed by atoms with Crippen LogP contribution in [-0.4, -0.2) is 16.5 Å². The molecule has 1 aromatic heterocycles. The number of fused-ring (bicyclic) bond motifs is 1. The second-order valence-electron chi connectivity index (χ2n) is 4.46. The Labute approximate surface area is 110 Å². The van der Waals surface area contributed by atoms with Gasteiger partial charge in [-0.25, -0.2) is 9.37 Å². The second-order valence-corrected chi connectivity index (χ2v) is 4.46. The topological polar surface area (TPSA) is 54.7 Å². The summed E-state index contributed by atoms with van der Waals surface area (Å²) < 4.78 is 12.9. The molecule has 0 amide bonds. The summed E-state index contributed by atoms with van der Waals surface area (Å²) in [5, 5.41) is 0. The molecule has 3 nitrogen and oxygen atoms in total. The number of nitrogens with zero attached hydrogens (tertiary/aromatic N) is 1. The first kappa shape index (κ1) is 11.9. The van der Waals surface area contributed by atoms with Crippen molar-refractivity contribution in [3.63, 3.8) is 0 Å². The van der Waals surface area contributed by atoms with Crippen LogP contribution in [0.1, 0.15) is 5.82 Å². The number of hydrogen-bond donors (Lipinski definition) is 2. The average Bonchev–Trinajstić information content (AvgIpc) is 2.81. The maximum Gasteiger partial charge on any atom is 0.123 e. The number of rotatable bonds is 3. The van der Waals surface area contributed by atoms with Gasteiger partial charge in [0.15, 0.2) is 0 Å². The summed E-state index contributed by atoms with van der Waals surface area (Å²) in [6.07, 6.45) is 0.737. The summed E-state index contributed by atoms with van der Waals surface area (Å²) in [5.74, 6) is 0.672. The van der Waals surface area contributed by atoms with Crippen molar-refractivity contribution in [2.24, 2.45) is 5.73 Å². The van der Waals surface area contributed by atoms with E-state index in [0.29, 0.717) is 6.54 Å². The Morgan fingerprint density at radius 2 is 1.79 bits per heavy atom. The zero-order valence-electron chi connectivity index (χ0n) is 10.4. The summed E-state index contributed by atoms with van der Waals surface area (Å²) in [5.41, 5.74) is 9.45. The molecule has 4 heteroatoms. The molecule has 3 aromatic rings. The molecule has 0 unspecified atom stereocenters. The summed E-state index contributed by atoms with van der Waals surface area (Å²) in [4.78, 5) is 7.71. The van der Waals surface area contributed by atoms with Crippen LogP contribution in [0.2, 0.25) is 0 Å². The van der Waals surface area contributed by atoms with E-state index in [1.165, 1.54) is 12.1 Å². The quantitative estimate of drug-likeness (QED) is 0.756. The van der Waals surface area contributed by atoms with Gasteiger partial charge in [0.2, 0.25) is 0 Å². The fourth-order valence-electron chi connectivity index (χ4n) is 2.14. The molecule has 1 heterocycles. The van der Waals surface area contributed by atoms with E-state index in [1.807, 2.05) is 18.2 Å². The number of aromatic nitrogens is 2. The molecule has 0 bridgehead atoms. The van der Waals surface area contributed by atoms with Crippen LogP contribution in [0, 0.1) is 5.82 Å². The molecule has 0 aliphatic carbocycles. The van der Waals surface area contributed by atoms with Crippen LogP contribution in [-0.2, 0) is 6.42 Å². The Morgan fingerprint density at radius 3 is 2.53 bits per heavy atom. The third kappa shape index (κ3) is 2.35. The van der Waals surface area contributed by atoms with Crippen LogP contribution in [0.4, 0.5) is 4.39 Å². The van der Waals surface area contributed by atoms with E-state index in [4.69, 9.17) is 5.73 Å². The first-order valence-corrected chi connectivity index (χ1v) is 6.21. The standard InChI is InChI=1S/C15H14FN3/c16-12-4-1-10(2-5-12)11-3-6-13-14(9-11)19-15(18-13)7-8-17/h1-6,9H,7-8,17H2,(H,18,19). The lowest BCUT2D eigenvalue weighted by Gasteiger charge is -2.01. The maximum absolute atomic E-state index is 12.9. The maximum atomic E-state index is 12.9. The highest BCUT2D eigenvalue weighted by atomic mass is 19.1. The lowest BCUT2D eigenvalue weighted by Crippen LogP contribution is -2.03. The van der Waals surface area contributed by atoms with E-state index in [-0.39, 0.29) is 5.82 Å². The van der Waals surface area contributed by atoms with Gasteiger partial charge in [-0.1, -0.05) is 18.2 Å². The molecular formula is C15H14FN3. The van der Waals surface area contributed by atoms with Crippen molar-refractivity contribution in [3.05, 3.63) is 54.1 Å². The smallest absolute Gasteiger partial charge is 0.123 e. The monoisotopic (exact) mass is 255 g/mol. The van der Waals surface area contributed by atoms with Gasteiger partial charge >= 0.3 is 0 Å². The molecule has 19 heavy (non-hydrogen) atoms. The van der Waals surface area contributed by atoms with E-state index in [0.717, 1.165) is 34.4 Å². The molecule has 2 aromatic carbocycles. The largest absolute Gasteiger partial charge is 0.342 e. The fraction of sp³-hybridized carbons (Fsp3) is 0.133. The van der Waals surface area contributed by atoms with Crippen LogP contribution in [0.5, 0.6) is 0 Å². The number of hydrogen-bond acceptors (Lipinski definition) is 2. The number of nitrogens with one attached hydrogen (secondary N) is 1. The molecular weight excluding hydrogens is 241 g/mol. The number of benzene rings is 2. The minimum atomic E-state index is -0.225. The number of nitrogens with two attached hydrogens (primary N) is 1. The van der Waals surface area contributed by atoms with Crippen LogP contribution in [0.15, 0.2) is 42.5 Å². The van der Waals surface area contributed by atoms with E-state index in [9.17, 15) is 4.39 Å². The van der Waals surface area contributed by atoms with Crippen LogP contribution in [0.3, 0.4) is 0 Å². The molecule has 0 fully saturated rings. The zero-order chi connectivity index (χ0) is 13.2. The Bertz CT molecular complexity index is 701. The van der Waals surface area contributed by atoms with Gasteiger partial charge in [0.25, 0.3) is 0 Å². The van der Waals surface area contributed by atoms with Gasteiger partial charge in [-0.3, -0.25) is 0 Å². The summed E-state index contributed by atoms with van der Waals surface area (Å²) >= 11 is 0. The molecule has 3 N–H and O–H groups in total. The Kier molecular flexibility index (Phi) is 3.01. The molecule has 0 atom stereocenters. The van der Waals surface area contributed by atoms with Crippen molar-refractivity contribution >= 4 is 11.0 Å². The predicted octanol–water partition coefficient (Wildman–Crippen LogP) is 2.87. The molecule has 0 saturated heterocycles. The van der Waals surface area contributed by atoms with E-state index < -0.39 is 0 Å². The minimum absolute atomic E-state index is 0.225. The Morgan fingerprint density at radius 1 is 1.05 bits per heavy atom. The highest BCUT2D eigenvalue weighted by Crippen LogP contribution is 2.23. The Hall–Kier alpha value is -2.20. The first-order valence-electron chi connectivity index (χ1n) is 6.21. The lowest BCUT2D eigenvalue weighted by molar-refractivity contribution is 0.628. The normalized spacial score (nSPS) is 11.1. The van der Waals surface area contributed by atoms with Gasteiger partial charge in [0.05, 0.1) is 11.0 Å². The third-order valence-electron chi connectivity index (χ3n) is 3.09. The van der Waals surface area contributed by atoms with Gasteiger partial charge < -0.3 is 10.7 Å². The predicted molar refractivity (Wildman–Crippen MR) is 74.2 cm³/mol. The van der Waals surface area contributed by atoms with Gasteiger partial charge in [0.1, 0.15) is 11.6 Å². The highest BCUT2D eigenvalue weighted by Gasteiger charge is 2.04. The van der Waals surface area contributed by atoms with Crippen molar-refractivity contribution in [1.82, 2.24) is 9.97 Å². The van der Waals surface area contributed by atoms with Gasteiger partial charge in [0, 0.05) is 6.42 Å². The third-order valence-corrected chi connectivity index (χ3v) is 3.09. The molecule has 0 saturated carbocycles. The van der Waals surface area contributed by atoms with Gasteiger partial charge in [-0.2, -0.15) is 0 Å². The molecule has 0 radical (unpaired) electrons. The molecule has 3 rings (SSSR count). The molecule has 96 valence electrons. The first-order chi connectivity index (χ1) is 9.26. The van der Waals surface area contributed by atoms with Crippen molar-refractivity contribution in [2.45, 2.75) is 6.42 Å². The number of aromatic amines is 1. The van der Waals surface area contributed by atoms with Crippen LogP contribution < -0.4 is 5.73 Å². The average molecular weight is 255 g/mol. The Balaban J connectivity index is 2.03. The van der Waals surface area contributed by atoms with Gasteiger partial charge in [-0.15, -0.1) is 0 Å². The summed E-state index contributed by atoms with van der Waals surface area (Å²) in [6.45, 7) is 0.574. The molecule has 0 aliphatic rings. The van der Waals surface area contributed by atoms with Crippen molar-refractivity contribution in [1.29, 1.82) is 0 Å². The van der Waals surface area contributed by atoms with Crippen molar-refractivity contribution < 1.29 is 4.39 Å².